The third-order valence-corrected chi connectivity index (χ3v) is 8.44. The molecule has 3 aromatic carbocycles. The number of ether oxygens (including phenoxy) is 5. The van der Waals surface area contributed by atoms with Crippen LogP contribution in [0, 0.1) is 5.92 Å². The fraction of sp³-hybridized carbons (Fsp3) is 0.324. The molecule has 0 unspecified atom stereocenters. The average Bonchev–Trinajstić information content (AvgIpc) is 3.19. The Labute approximate surface area is 260 Å². The highest BCUT2D eigenvalue weighted by atomic mass is 16.6. The fourth-order valence-corrected chi connectivity index (χ4v) is 6.19. The van der Waals surface area contributed by atoms with Gasteiger partial charge in [0.25, 0.3) is 0 Å². The molecule has 11 nitrogen and oxygen atoms in total. The van der Waals surface area contributed by atoms with E-state index in [0.29, 0.717) is 11.5 Å². The standard InChI is InChI=1S/C34H35N3O8/c1-22(38)35-29-17-18-37(32(40)36-29)31-28-19-43-20-33(45-31,30(28)39)21-44-34(23-7-5-4-6-8-23,24-9-13-26(41-2)14-10-24)25-11-15-27(42-3)16-12-25/h4-18,28,30-31,39H,19-21H2,1-3H3,(H,35,36,38,40)/t28-,30+,31-,33-/m1/s1. The van der Waals surface area contributed by atoms with Crippen LogP contribution < -0.4 is 20.5 Å². The van der Waals surface area contributed by atoms with E-state index in [2.05, 4.69) is 10.3 Å². The Bertz CT molecular complexity index is 1650. The Morgan fingerprint density at radius 1 is 0.978 bits per heavy atom. The van der Waals surface area contributed by atoms with Crippen LogP contribution in [-0.4, -0.2) is 66.3 Å². The quantitative estimate of drug-likeness (QED) is 0.258. The van der Waals surface area contributed by atoms with E-state index in [4.69, 9.17) is 23.7 Å². The second-order valence-electron chi connectivity index (χ2n) is 11.2. The first-order valence-corrected chi connectivity index (χ1v) is 14.6. The summed E-state index contributed by atoms with van der Waals surface area (Å²) in [6.45, 7) is 1.47. The van der Waals surface area contributed by atoms with Crippen LogP contribution in [0.1, 0.15) is 29.8 Å². The number of hydrogen-bond acceptors (Lipinski definition) is 9. The van der Waals surface area contributed by atoms with Crippen molar-refractivity contribution in [1.29, 1.82) is 0 Å². The van der Waals surface area contributed by atoms with Gasteiger partial charge in [0.2, 0.25) is 5.91 Å². The second-order valence-corrected chi connectivity index (χ2v) is 11.2. The van der Waals surface area contributed by atoms with E-state index in [1.807, 2.05) is 78.9 Å². The number of aliphatic hydroxyl groups excluding tert-OH is 1. The van der Waals surface area contributed by atoms with Crippen molar-refractivity contribution in [3.8, 4) is 11.5 Å². The molecule has 2 aliphatic heterocycles. The number of hydrogen-bond donors (Lipinski definition) is 2. The molecule has 0 spiro atoms. The van der Waals surface area contributed by atoms with E-state index in [1.54, 1.807) is 14.2 Å². The highest BCUT2D eigenvalue weighted by Gasteiger charge is 2.59. The molecular weight excluding hydrogens is 578 g/mol. The molecule has 1 aromatic heterocycles. The zero-order chi connectivity index (χ0) is 31.6. The zero-order valence-electron chi connectivity index (χ0n) is 25.2. The number of nitrogens with zero attached hydrogens (tertiary/aromatic N) is 2. The van der Waals surface area contributed by atoms with Gasteiger partial charge in [0.1, 0.15) is 34.7 Å². The van der Waals surface area contributed by atoms with E-state index < -0.39 is 35.1 Å². The molecule has 234 valence electrons. The first-order valence-electron chi connectivity index (χ1n) is 14.6. The van der Waals surface area contributed by atoms with E-state index in [-0.39, 0.29) is 31.5 Å². The van der Waals surface area contributed by atoms with E-state index >= 15 is 0 Å². The molecular formula is C34H35N3O8. The molecule has 1 amide bonds. The predicted molar refractivity (Wildman–Crippen MR) is 164 cm³/mol. The van der Waals surface area contributed by atoms with Gasteiger partial charge in [0, 0.05) is 13.1 Å². The van der Waals surface area contributed by atoms with Crippen molar-refractivity contribution in [1.82, 2.24) is 9.55 Å². The normalized spacial score (nSPS) is 22.5. The Kier molecular flexibility index (Phi) is 8.43. The van der Waals surface area contributed by atoms with Crippen LogP contribution in [0.4, 0.5) is 5.82 Å². The smallest absolute Gasteiger partial charge is 0.351 e. The molecule has 4 aromatic rings. The van der Waals surface area contributed by atoms with Crippen molar-refractivity contribution in [3.05, 3.63) is 118 Å². The van der Waals surface area contributed by atoms with Gasteiger partial charge in [-0.1, -0.05) is 54.6 Å². The number of aromatic nitrogens is 2. The Hall–Kier alpha value is -4.55. The lowest BCUT2D eigenvalue weighted by molar-refractivity contribution is -0.188. The molecule has 45 heavy (non-hydrogen) atoms. The molecule has 0 saturated carbocycles. The number of methoxy groups -OCH3 is 2. The maximum absolute atomic E-state index is 13.0. The Morgan fingerprint density at radius 2 is 1.58 bits per heavy atom. The largest absolute Gasteiger partial charge is 0.497 e. The summed E-state index contributed by atoms with van der Waals surface area (Å²) in [5, 5.41) is 14.2. The van der Waals surface area contributed by atoms with Gasteiger partial charge in [-0.15, -0.1) is 0 Å². The number of carbonyl (C=O) groups excluding carboxylic acids is 1. The van der Waals surface area contributed by atoms with Gasteiger partial charge < -0.3 is 34.1 Å². The van der Waals surface area contributed by atoms with Gasteiger partial charge in [0.05, 0.1) is 46.1 Å². The third kappa shape index (κ3) is 5.59. The number of benzene rings is 3. The minimum atomic E-state index is -1.30. The van der Waals surface area contributed by atoms with Gasteiger partial charge in [-0.2, -0.15) is 4.98 Å². The second kappa shape index (κ2) is 12.4. The topological polar surface area (TPSA) is 130 Å². The Morgan fingerprint density at radius 3 is 2.13 bits per heavy atom. The molecule has 3 heterocycles. The number of amides is 1. The lowest BCUT2D eigenvalue weighted by Gasteiger charge is -2.41. The van der Waals surface area contributed by atoms with Crippen molar-refractivity contribution >= 4 is 11.7 Å². The molecule has 0 radical (unpaired) electrons. The lowest BCUT2D eigenvalue weighted by Crippen LogP contribution is -2.54. The number of carbonyl (C=O) groups is 1. The van der Waals surface area contributed by atoms with Crippen molar-refractivity contribution in [2.24, 2.45) is 5.92 Å². The van der Waals surface area contributed by atoms with Gasteiger partial charge in [0.15, 0.2) is 0 Å². The molecule has 2 bridgehead atoms. The van der Waals surface area contributed by atoms with Crippen LogP contribution in [0.2, 0.25) is 0 Å². The van der Waals surface area contributed by atoms with Crippen LogP contribution in [0.25, 0.3) is 0 Å². The summed E-state index contributed by atoms with van der Waals surface area (Å²) in [5.74, 6) is 0.605. The lowest BCUT2D eigenvalue weighted by atomic mass is 9.79. The van der Waals surface area contributed by atoms with Crippen LogP contribution in [0.3, 0.4) is 0 Å². The highest BCUT2D eigenvalue weighted by molar-refractivity contribution is 5.87. The highest BCUT2D eigenvalue weighted by Crippen LogP contribution is 2.48. The minimum Gasteiger partial charge on any atom is -0.497 e. The molecule has 2 N–H and O–H groups in total. The van der Waals surface area contributed by atoms with Crippen molar-refractivity contribution < 1.29 is 33.6 Å². The summed E-state index contributed by atoms with van der Waals surface area (Å²) in [6, 6.07) is 26.6. The van der Waals surface area contributed by atoms with Crippen LogP contribution in [0.15, 0.2) is 95.9 Å². The molecule has 6 rings (SSSR count). The summed E-state index contributed by atoms with van der Waals surface area (Å²) in [4.78, 5) is 28.5. The first-order chi connectivity index (χ1) is 21.8. The van der Waals surface area contributed by atoms with Gasteiger partial charge in [-0.3, -0.25) is 9.36 Å². The SMILES string of the molecule is COc1ccc(C(OC[C@@]23COC[C@@H]([C@H](n4ccc(NC(C)=O)nc4=O)O2)[C@@H]3O)(c2ccccc2)c2ccc(OC)cc2)cc1. The predicted octanol–water partition coefficient (Wildman–Crippen LogP) is 3.50. The summed E-state index contributed by atoms with van der Waals surface area (Å²) in [7, 11) is 3.23. The fourth-order valence-electron chi connectivity index (χ4n) is 6.19. The monoisotopic (exact) mass is 613 g/mol. The zero-order valence-corrected chi connectivity index (χ0v) is 25.2. The number of nitrogens with one attached hydrogen (secondary N) is 1. The van der Waals surface area contributed by atoms with E-state index in [0.717, 1.165) is 16.7 Å². The maximum Gasteiger partial charge on any atom is 0.351 e. The summed E-state index contributed by atoms with van der Waals surface area (Å²) >= 11 is 0. The molecule has 2 aliphatic rings. The maximum atomic E-state index is 13.0. The van der Waals surface area contributed by atoms with Crippen LogP contribution in [0.5, 0.6) is 11.5 Å². The van der Waals surface area contributed by atoms with Crippen molar-refractivity contribution in [2.45, 2.75) is 30.5 Å². The number of aliphatic hydroxyl groups is 1. The first kappa shape index (κ1) is 30.5. The summed E-state index contributed by atoms with van der Waals surface area (Å²) in [6.07, 6.45) is -0.389. The summed E-state index contributed by atoms with van der Waals surface area (Å²) < 4.78 is 31.7. The molecule has 11 heteroatoms. The van der Waals surface area contributed by atoms with Gasteiger partial charge in [-0.05, 0) is 47.0 Å². The molecule has 2 fully saturated rings. The third-order valence-electron chi connectivity index (χ3n) is 8.44. The summed E-state index contributed by atoms with van der Waals surface area (Å²) in [5.41, 5.74) is -0.589. The van der Waals surface area contributed by atoms with Crippen molar-refractivity contribution in [2.75, 3.05) is 39.4 Å². The molecule has 0 aliphatic carbocycles. The number of anilines is 1. The van der Waals surface area contributed by atoms with Gasteiger partial charge >= 0.3 is 5.69 Å². The van der Waals surface area contributed by atoms with E-state index in [1.165, 1.54) is 23.8 Å². The number of fused-ring (bicyclic) bond motifs is 2. The molecule has 4 atom stereocenters. The van der Waals surface area contributed by atoms with Crippen molar-refractivity contribution in [3.63, 3.8) is 0 Å². The average molecular weight is 614 g/mol. The number of rotatable bonds is 10. The molecule has 2 saturated heterocycles. The van der Waals surface area contributed by atoms with Crippen LogP contribution >= 0.6 is 0 Å². The van der Waals surface area contributed by atoms with Crippen LogP contribution in [-0.2, 0) is 24.6 Å². The van der Waals surface area contributed by atoms with E-state index in [9.17, 15) is 14.7 Å². The Balaban J connectivity index is 1.41. The van der Waals surface area contributed by atoms with Gasteiger partial charge in [-0.25, -0.2) is 4.79 Å². The minimum absolute atomic E-state index is 0.0451.